The number of benzene rings is 1. The molecule has 3 aromatic rings. The van der Waals surface area contributed by atoms with Crippen LogP contribution < -0.4 is 15.5 Å². The number of morpholine rings is 1. The SMILES string of the molecule is CCC(C)(C)NC(=O)Cc1cccc(N2C=C(Nc3ccc(C(=O)N4CCOCC4)cn3)c3nccn3C2)c1. The standard InChI is InChI=1S/C29H35N7O3/c1-4-29(2,3)33-26(37)17-21-6-5-7-23(16-21)36-19-24(27-30-10-11-35(27)20-36)32-25-9-8-22(18-31-25)28(38)34-12-14-39-15-13-34/h5-11,16,18-19H,4,12-15,17,20H2,1-3H3,(H,31,32)(H,33,37). The molecule has 0 saturated carbocycles. The van der Waals surface area contributed by atoms with Gasteiger partial charge in [0, 0.05) is 49.1 Å². The van der Waals surface area contributed by atoms with Crippen molar-refractivity contribution in [1.82, 2.24) is 24.8 Å². The summed E-state index contributed by atoms with van der Waals surface area (Å²) in [6, 6.07) is 11.6. The Hall–Kier alpha value is -4.18. The van der Waals surface area contributed by atoms with Crippen molar-refractivity contribution in [2.75, 3.05) is 36.5 Å². The van der Waals surface area contributed by atoms with Crippen molar-refractivity contribution >= 4 is 29.0 Å². The normalized spacial score (nSPS) is 15.4. The summed E-state index contributed by atoms with van der Waals surface area (Å²) in [5.74, 6) is 1.37. The molecule has 2 amide bonds. The molecular weight excluding hydrogens is 494 g/mol. The molecule has 2 N–H and O–H groups in total. The zero-order valence-electron chi connectivity index (χ0n) is 22.7. The number of anilines is 2. The van der Waals surface area contributed by atoms with Crippen molar-refractivity contribution in [2.24, 2.45) is 0 Å². The summed E-state index contributed by atoms with van der Waals surface area (Å²) in [6.07, 6.45) is 8.47. The molecule has 0 spiro atoms. The summed E-state index contributed by atoms with van der Waals surface area (Å²) in [5, 5.41) is 6.47. The molecule has 10 heteroatoms. The van der Waals surface area contributed by atoms with E-state index in [1.54, 1.807) is 29.4 Å². The molecule has 0 radical (unpaired) electrons. The Kier molecular flexibility index (Phi) is 7.65. The summed E-state index contributed by atoms with van der Waals surface area (Å²) in [7, 11) is 0. The second-order valence-electron chi connectivity index (χ2n) is 10.5. The number of pyridine rings is 1. The van der Waals surface area contributed by atoms with Gasteiger partial charge in [-0.1, -0.05) is 19.1 Å². The fraction of sp³-hybridized carbons (Fsp3) is 0.379. The molecule has 0 unspecified atom stereocenters. The number of aromatic nitrogens is 3. The Morgan fingerprint density at radius 2 is 1.92 bits per heavy atom. The van der Waals surface area contributed by atoms with Crippen LogP contribution in [0.2, 0.25) is 0 Å². The van der Waals surface area contributed by atoms with Crippen LogP contribution in [0.1, 0.15) is 48.9 Å². The maximum absolute atomic E-state index is 12.8. The highest BCUT2D eigenvalue weighted by atomic mass is 16.5. The first kappa shape index (κ1) is 26.4. The zero-order chi connectivity index (χ0) is 27.4. The molecule has 0 atom stereocenters. The number of fused-ring (bicyclic) bond motifs is 1. The van der Waals surface area contributed by atoms with Crippen LogP contribution >= 0.6 is 0 Å². The number of ether oxygens (including phenoxy) is 1. The van der Waals surface area contributed by atoms with Crippen LogP contribution in [0.4, 0.5) is 11.5 Å². The first-order chi connectivity index (χ1) is 18.8. The number of imidazole rings is 1. The van der Waals surface area contributed by atoms with Crippen molar-refractivity contribution in [3.63, 3.8) is 0 Å². The van der Waals surface area contributed by atoms with E-state index in [9.17, 15) is 9.59 Å². The van der Waals surface area contributed by atoms with Gasteiger partial charge in [0.1, 0.15) is 12.5 Å². The second-order valence-corrected chi connectivity index (χ2v) is 10.5. The molecule has 4 heterocycles. The highest BCUT2D eigenvalue weighted by Gasteiger charge is 2.22. The summed E-state index contributed by atoms with van der Waals surface area (Å²) < 4.78 is 7.38. The van der Waals surface area contributed by atoms with Gasteiger partial charge >= 0.3 is 0 Å². The molecule has 1 saturated heterocycles. The predicted octanol–water partition coefficient (Wildman–Crippen LogP) is 3.49. The van der Waals surface area contributed by atoms with Crippen LogP contribution in [0.15, 0.2) is 61.2 Å². The molecule has 0 bridgehead atoms. The fourth-order valence-electron chi connectivity index (χ4n) is 4.55. The van der Waals surface area contributed by atoms with Gasteiger partial charge in [0.2, 0.25) is 5.91 Å². The topological polar surface area (TPSA) is 105 Å². The summed E-state index contributed by atoms with van der Waals surface area (Å²) in [5.41, 5.74) is 3.00. The van der Waals surface area contributed by atoms with E-state index in [2.05, 4.69) is 32.4 Å². The first-order valence-corrected chi connectivity index (χ1v) is 13.3. The number of amides is 2. The van der Waals surface area contributed by atoms with Crippen molar-refractivity contribution in [3.8, 4) is 0 Å². The number of nitrogens with one attached hydrogen (secondary N) is 2. The summed E-state index contributed by atoms with van der Waals surface area (Å²) in [4.78, 5) is 38.3. The third kappa shape index (κ3) is 6.28. The Balaban J connectivity index is 1.31. The van der Waals surface area contributed by atoms with Crippen molar-refractivity contribution < 1.29 is 14.3 Å². The van der Waals surface area contributed by atoms with Gasteiger partial charge in [0.15, 0.2) is 5.82 Å². The van der Waals surface area contributed by atoms with E-state index in [-0.39, 0.29) is 17.4 Å². The molecule has 39 heavy (non-hydrogen) atoms. The summed E-state index contributed by atoms with van der Waals surface area (Å²) in [6.45, 7) is 9.00. The quantitative estimate of drug-likeness (QED) is 0.460. The first-order valence-electron chi connectivity index (χ1n) is 13.3. The van der Waals surface area contributed by atoms with E-state index in [0.29, 0.717) is 50.8 Å². The minimum Gasteiger partial charge on any atom is -0.378 e. The summed E-state index contributed by atoms with van der Waals surface area (Å²) >= 11 is 0. The maximum atomic E-state index is 12.8. The number of nitrogens with zero attached hydrogens (tertiary/aromatic N) is 5. The van der Waals surface area contributed by atoms with E-state index in [4.69, 9.17) is 4.74 Å². The molecule has 1 aromatic carbocycles. The minimum absolute atomic E-state index is 0.00839. The molecule has 0 aliphatic carbocycles. The van der Waals surface area contributed by atoms with Crippen LogP contribution in [0.5, 0.6) is 0 Å². The fourth-order valence-corrected chi connectivity index (χ4v) is 4.55. The van der Waals surface area contributed by atoms with E-state index in [1.165, 1.54) is 0 Å². The van der Waals surface area contributed by atoms with Gasteiger partial charge < -0.3 is 29.7 Å². The largest absolute Gasteiger partial charge is 0.378 e. The van der Waals surface area contributed by atoms with E-state index in [0.717, 1.165) is 29.2 Å². The Morgan fingerprint density at radius 1 is 1.10 bits per heavy atom. The third-order valence-electron chi connectivity index (χ3n) is 7.09. The number of hydrogen-bond donors (Lipinski definition) is 2. The van der Waals surface area contributed by atoms with E-state index in [1.807, 2.05) is 55.1 Å². The number of carbonyl (C=O) groups is 2. The minimum atomic E-state index is -0.231. The monoisotopic (exact) mass is 529 g/mol. The van der Waals surface area contributed by atoms with Gasteiger partial charge in [-0.15, -0.1) is 0 Å². The lowest BCUT2D eigenvalue weighted by atomic mass is 10.0. The highest BCUT2D eigenvalue weighted by Crippen LogP contribution is 2.27. The molecule has 10 nitrogen and oxygen atoms in total. The molecule has 2 aliphatic heterocycles. The van der Waals surface area contributed by atoms with E-state index >= 15 is 0 Å². The van der Waals surface area contributed by atoms with Gasteiger partial charge in [-0.25, -0.2) is 9.97 Å². The molecule has 5 rings (SSSR count). The van der Waals surface area contributed by atoms with Crippen molar-refractivity contribution in [3.05, 3.63) is 78.1 Å². The number of hydrogen-bond acceptors (Lipinski definition) is 7. The molecule has 2 aliphatic rings. The Bertz CT molecular complexity index is 1360. The van der Waals surface area contributed by atoms with Gasteiger partial charge in [0.05, 0.1) is 30.9 Å². The lowest BCUT2D eigenvalue weighted by Gasteiger charge is -2.29. The van der Waals surface area contributed by atoms with Gasteiger partial charge in [0.25, 0.3) is 5.91 Å². The Labute approximate surface area is 228 Å². The molecular formula is C29H35N7O3. The Morgan fingerprint density at radius 3 is 2.67 bits per heavy atom. The van der Waals surface area contributed by atoms with Crippen LogP contribution in [0.3, 0.4) is 0 Å². The highest BCUT2D eigenvalue weighted by molar-refractivity contribution is 5.94. The van der Waals surface area contributed by atoms with E-state index < -0.39 is 0 Å². The van der Waals surface area contributed by atoms with Crippen LogP contribution in [0, 0.1) is 0 Å². The van der Waals surface area contributed by atoms with Gasteiger partial charge in [-0.3, -0.25) is 9.59 Å². The molecule has 1 fully saturated rings. The number of carbonyl (C=O) groups excluding carboxylic acids is 2. The zero-order valence-corrected chi connectivity index (χ0v) is 22.7. The van der Waals surface area contributed by atoms with Crippen molar-refractivity contribution in [1.29, 1.82) is 0 Å². The van der Waals surface area contributed by atoms with Crippen LogP contribution in [-0.4, -0.2) is 63.1 Å². The molecule has 2 aromatic heterocycles. The van der Waals surface area contributed by atoms with Crippen LogP contribution in [-0.2, 0) is 22.6 Å². The van der Waals surface area contributed by atoms with Crippen LogP contribution in [0.25, 0.3) is 5.70 Å². The predicted molar refractivity (Wildman–Crippen MR) is 150 cm³/mol. The lowest BCUT2D eigenvalue weighted by molar-refractivity contribution is -0.122. The molecule has 204 valence electrons. The second kappa shape index (κ2) is 11.3. The smallest absolute Gasteiger partial charge is 0.255 e. The third-order valence-corrected chi connectivity index (χ3v) is 7.09. The number of rotatable bonds is 8. The average Bonchev–Trinajstić information content (AvgIpc) is 3.43. The average molecular weight is 530 g/mol. The lowest BCUT2D eigenvalue weighted by Crippen LogP contribution is -2.43. The maximum Gasteiger partial charge on any atom is 0.255 e. The van der Waals surface area contributed by atoms with Crippen molar-refractivity contribution in [2.45, 2.75) is 45.8 Å². The van der Waals surface area contributed by atoms with Gasteiger partial charge in [-0.2, -0.15) is 0 Å². The van der Waals surface area contributed by atoms with Gasteiger partial charge in [-0.05, 0) is 50.1 Å².